The monoisotopic (exact) mass is 756 g/mol. The molecule has 10 nitrogen and oxygen atoms in total. The Morgan fingerprint density at radius 2 is 1.67 bits per heavy atom. The van der Waals surface area contributed by atoms with Crippen molar-refractivity contribution in [2.45, 2.75) is 56.7 Å². The number of phenolic OH excluding ortho intramolecular Hbond substituents is 1. The van der Waals surface area contributed by atoms with Crippen molar-refractivity contribution in [1.82, 2.24) is 14.9 Å². The van der Waals surface area contributed by atoms with Gasteiger partial charge in [-0.05, 0) is 75.4 Å². The molecule has 4 aliphatic rings. The Kier molecular flexibility index (Phi) is 8.41. The number of carbonyl (C=O) groups excluding carboxylic acids is 4. The number of hydrogen-bond donors (Lipinski definition) is 2. The van der Waals surface area contributed by atoms with Crippen molar-refractivity contribution in [3.63, 3.8) is 0 Å². The van der Waals surface area contributed by atoms with E-state index in [-0.39, 0.29) is 41.6 Å². The van der Waals surface area contributed by atoms with Crippen LogP contribution in [0.3, 0.4) is 0 Å². The summed E-state index contributed by atoms with van der Waals surface area (Å²) in [6, 6.07) is 11.5. The van der Waals surface area contributed by atoms with Crippen LogP contribution in [0.15, 0.2) is 66.4 Å². The first-order valence-corrected chi connectivity index (χ1v) is 17.3. The number of allylic oxidation sites excluding steroid dienone is 2. The number of hydrogen-bond acceptors (Lipinski definition) is 8. The summed E-state index contributed by atoms with van der Waals surface area (Å²) < 4.78 is 46.1. The van der Waals surface area contributed by atoms with E-state index in [0.29, 0.717) is 33.4 Å². The number of aromatic hydroxyl groups is 1. The number of pyridine rings is 1. The minimum Gasteiger partial charge on any atom is -0.508 e. The molecule has 2 saturated heterocycles. The Hall–Kier alpha value is -4.62. The zero-order chi connectivity index (χ0) is 37.7. The highest BCUT2D eigenvalue weighted by Crippen LogP contribution is 2.66. The number of amides is 4. The summed E-state index contributed by atoms with van der Waals surface area (Å²) in [5.74, 6) is -7.43. The highest BCUT2D eigenvalue weighted by Gasteiger charge is 2.71. The number of halogens is 5. The Balaban J connectivity index is 1.47. The molecule has 1 saturated carbocycles. The number of ether oxygens (including phenoxy) is 1. The first-order chi connectivity index (χ1) is 24.4. The summed E-state index contributed by atoms with van der Waals surface area (Å²) in [5.41, 5.74) is -0.113. The number of methoxy groups -OCH3 is 1. The molecule has 6 unspecified atom stereocenters. The number of imide groups is 2. The highest BCUT2D eigenvalue weighted by molar-refractivity contribution is 6.33. The third kappa shape index (κ3) is 5.18. The van der Waals surface area contributed by atoms with E-state index >= 15 is 4.79 Å². The van der Waals surface area contributed by atoms with Crippen LogP contribution in [0.25, 0.3) is 0 Å². The molecule has 3 heterocycles. The maximum Gasteiger partial charge on any atom is 0.417 e. The molecule has 4 amide bonds. The second kappa shape index (κ2) is 12.2. The summed E-state index contributed by atoms with van der Waals surface area (Å²) in [6.07, 6.45) is -2.29. The van der Waals surface area contributed by atoms with Gasteiger partial charge in [-0.3, -0.25) is 29.5 Å². The molecule has 2 aromatic carbocycles. The van der Waals surface area contributed by atoms with Gasteiger partial charge in [0, 0.05) is 28.2 Å². The lowest BCUT2D eigenvalue weighted by molar-refractivity contribution is -0.146. The van der Waals surface area contributed by atoms with Gasteiger partial charge in [-0.15, -0.1) is 0 Å². The van der Waals surface area contributed by atoms with E-state index in [9.17, 15) is 32.7 Å². The number of fused-ring (bicyclic) bond motifs is 4. The number of rotatable bonds is 5. The molecular formula is C37H33Cl2F3N4O6. The Bertz CT molecular complexity index is 2070. The van der Waals surface area contributed by atoms with Crippen LogP contribution in [0, 0.1) is 23.7 Å². The molecule has 0 spiro atoms. The van der Waals surface area contributed by atoms with Crippen LogP contribution in [0.5, 0.6) is 11.5 Å². The zero-order valence-corrected chi connectivity index (χ0v) is 29.8. The average Bonchev–Trinajstić information content (AvgIpc) is 3.46. The number of likely N-dealkylation sites (tertiary alicyclic amines) is 1. The van der Waals surface area contributed by atoms with Crippen molar-refractivity contribution in [2.24, 2.45) is 23.7 Å². The SMILES string of the molecule is COc1cccc(O)c1C1C2=CCC3C(=O)N(C(C)(C)C)C(=O)C3C2CC2C(=O)N(Nc3ncc(C(F)(F)F)cc3Cl)C(=O)C21c1ccc(Cl)cc1. The van der Waals surface area contributed by atoms with Crippen molar-refractivity contribution < 1.29 is 42.2 Å². The molecule has 3 fully saturated rings. The molecule has 15 heteroatoms. The second-order valence-electron chi connectivity index (χ2n) is 14.5. The number of nitrogens with zero attached hydrogens (tertiary/aromatic N) is 3. The molecular weight excluding hydrogens is 724 g/mol. The number of phenols is 1. The number of aromatic nitrogens is 1. The van der Waals surface area contributed by atoms with Crippen LogP contribution in [0.1, 0.15) is 56.2 Å². The number of hydrazine groups is 1. The van der Waals surface area contributed by atoms with Gasteiger partial charge in [0.05, 0.1) is 40.9 Å². The molecule has 2 aliphatic carbocycles. The minimum absolute atomic E-state index is 0.0596. The van der Waals surface area contributed by atoms with Crippen LogP contribution in [-0.4, -0.2) is 56.3 Å². The summed E-state index contributed by atoms with van der Waals surface area (Å²) in [7, 11) is 1.39. The van der Waals surface area contributed by atoms with Gasteiger partial charge in [0.25, 0.3) is 11.8 Å². The van der Waals surface area contributed by atoms with E-state index in [1.54, 1.807) is 57.2 Å². The Morgan fingerprint density at radius 1 is 0.981 bits per heavy atom. The van der Waals surface area contributed by atoms with Gasteiger partial charge < -0.3 is 9.84 Å². The van der Waals surface area contributed by atoms with Crippen LogP contribution in [0.2, 0.25) is 10.0 Å². The average molecular weight is 758 g/mol. The Morgan fingerprint density at radius 3 is 2.29 bits per heavy atom. The number of carbonyl (C=O) groups is 4. The van der Waals surface area contributed by atoms with E-state index in [4.69, 9.17) is 27.9 Å². The van der Waals surface area contributed by atoms with Gasteiger partial charge >= 0.3 is 6.18 Å². The molecule has 0 radical (unpaired) electrons. The number of nitrogens with one attached hydrogen (secondary N) is 1. The minimum atomic E-state index is -4.75. The van der Waals surface area contributed by atoms with Gasteiger partial charge in [0.15, 0.2) is 5.82 Å². The smallest absolute Gasteiger partial charge is 0.417 e. The number of alkyl halides is 3. The second-order valence-corrected chi connectivity index (χ2v) is 15.3. The zero-order valence-electron chi connectivity index (χ0n) is 28.3. The van der Waals surface area contributed by atoms with E-state index < -0.39 is 75.0 Å². The summed E-state index contributed by atoms with van der Waals surface area (Å²) in [5, 5.41) is 12.1. The summed E-state index contributed by atoms with van der Waals surface area (Å²) in [4.78, 5) is 63.2. The lowest BCUT2D eigenvalue weighted by Crippen LogP contribution is -2.53. The molecule has 272 valence electrons. The van der Waals surface area contributed by atoms with Crippen molar-refractivity contribution in [3.8, 4) is 11.5 Å². The first-order valence-electron chi connectivity index (χ1n) is 16.5. The standard InChI is InChI=1S/C37H33Cl2F3N4O6/c1-35(2,3)45-31(48)21-13-12-20-22(27(21)33(45)50)15-23-32(49)46(44-30-24(39)14-18(16-43-30)37(40,41)42)34(51)36(23,17-8-10-19(38)11-9-17)29(20)28-25(47)6-5-7-26(28)52-4/h5-12,14,16,21-23,27,29,47H,13,15H2,1-4H3,(H,43,44). The normalized spacial score (nSPS) is 27.3. The third-order valence-electron chi connectivity index (χ3n) is 10.8. The maximum atomic E-state index is 15.3. The quantitative estimate of drug-likeness (QED) is 0.213. The maximum absolute atomic E-state index is 15.3. The van der Waals surface area contributed by atoms with Crippen molar-refractivity contribution >= 4 is 52.6 Å². The van der Waals surface area contributed by atoms with Gasteiger partial charge in [0.1, 0.15) is 11.5 Å². The molecule has 2 N–H and O–H groups in total. The van der Waals surface area contributed by atoms with Crippen LogP contribution >= 0.6 is 23.2 Å². The molecule has 3 aromatic rings. The predicted molar refractivity (Wildman–Crippen MR) is 183 cm³/mol. The van der Waals surface area contributed by atoms with Gasteiger partial charge in [-0.25, -0.2) is 4.98 Å². The lowest BCUT2D eigenvalue weighted by Gasteiger charge is -2.50. The lowest BCUT2D eigenvalue weighted by atomic mass is 9.49. The van der Waals surface area contributed by atoms with Crippen LogP contribution in [0.4, 0.5) is 19.0 Å². The molecule has 52 heavy (non-hydrogen) atoms. The van der Waals surface area contributed by atoms with E-state index in [1.165, 1.54) is 18.1 Å². The largest absolute Gasteiger partial charge is 0.508 e. The van der Waals surface area contributed by atoms with E-state index in [1.807, 2.05) is 6.08 Å². The fraction of sp³-hybridized carbons (Fsp3) is 0.378. The Labute approximate surface area is 306 Å². The van der Waals surface area contributed by atoms with Gasteiger partial charge in [-0.2, -0.15) is 18.2 Å². The summed E-state index contributed by atoms with van der Waals surface area (Å²) in [6.45, 7) is 5.29. The predicted octanol–water partition coefficient (Wildman–Crippen LogP) is 6.90. The molecule has 0 bridgehead atoms. The van der Waals surface area contributed by atoms with Crippen molar-refractivity contribution in [2.75, 3.05) is 12.5 Å². The van der Waals surface area contributed by atoms with Crippen LogP contribution in [-0.2, 0) is 30.8 Å². The molecule has 7 rings (SSSR count). The fourth-order valence-corrected chi connectivity index (χ4v) is 9.09. The van der Waals surface area contributed by atoms with E-state index in [2.05, 4.69) is 10.4 Å². The first kappa shape index (κ1) is 35.8. The highest BCUT2D eigenvalue weighted by atomic mass is 35.5. The topological polar surface area (TPSA) is 129 Å². The number of benzene rings is 2. The molecule has 2 aliphatic heterocycles. The van der Waals surface area contributed by atoms with Crippen molar-refractivity contribution in [3.05, 3.63) is 93.1 Å². The van der Waals surface area contributed by atoms with Crippen molar-refractivity contribution in [1.29, 1.82) is 0 Å². The van der Waals surface area contributed by atoms with Gasteiger partial charge in [-0.1, -0.05) is 53.1 Å². The third-order valence-corrected chi connectivity index (χ3v) is 11.3. The fourth-order valence-electron chi connectivity index (χ4n) is 8.76. The van der Waals surface area contributed by atoms with E-state index in [0.717, 1.165) is 0 Å². The summed E-state index contributed by atoms with van der Waals surface area (Å²) >= 11 is 12.5. The molecule has 6 atom stereocenters. The molecule has 1 aromatic heterocycles. The number of anilines is 1. The van der Waals surface area contributed by atoms with Gasteiger partial charge in [0.2, 0.25) is 11.8 Å². The van der Waals surface area contributed by atoms with Crippen LogP contribution < -0.4 is 10.2 Å².